The number of benzene rings is 1. The predicted molar refractivity (Wildman–Crippen MR) is 108 cm³/mol. The van der Waals surface area contributed by atoms with E-state index in [1.807, 2.05) is 19.9 Å². The summed E-state index contributed by atoms with van der Waals surface area (Å²) in [4.78, 5) is 29.5. The average Bonchev–Trinajstić information content (AvgIpc) is 3.13. The number of aromatic amines is 1. The van der Waals surface area contributed by atoms with E-state index in [1.54, 1.807) is 30.3 Å². The second-order valence-electron chi connectivity index (χ2n) is 6.71. The van der Waals surface area contributed by atoms with Gasteiger partial charge in [0.05, 0.1) is 17.9 Å². The molecule has 12 heteroatoms. The first kappa shape index (κ1) is 25.3. The first-order valence-corrected chi connectivity index (χ1v) is 10.2. The quantitative estimate of drug-likeness (QED) is 0.281. The van der Waals surface area contributed by atoms with Crippen LogP contribution >= 0.6 is 0 Å². The largest absolute Gasteiger partial charge is 1.00 e. The molecule has 3 rings (SSSR count). The van der Waals surface area contributed by atoms with Gasteiger partial charge < -0.3 is 16.3 Å². The normalized spacial score (nSPS) is 15.5. The van der Waals surface area contributed by atoms with Crippen molar-refractivity contribution >= 4 is 39.7 Å². The Kier molecular flexibility index (Phi) is 8.22. The van der Waals surface area contributed by atoms with Gasteiger partial charge in [-0.1, -0.05) is 18.2 Å². The van der Waals surface area contributed by atoms with Crippen LogP contribution in [-0.2, 0) is 24.1 Å². The maximum atomic E-state index is 13.0. The van der Waals surface area contributed by atoms with Gasteiger partial charge in [-0.2, -0.15) is 8.42 Å². The average molecular weight is 460 g/mol. The summed E-state index contributed by atoms with van der Waals surface area (Å²) in [6.45, 7) is 2.32. The second-order valence-corrected chi connectivity index (χ2v) is 7.80. The number of aryl methyl sites for hydroxylation is 2. The number of fused-ring (bicyclic) bond motifs is 1. The fraction of sp³-hybridized carbons (Fsp3) is 0.263. The van der Waals surface area contributed by atoms with E-state index < -0.39 is 41.7 Å². The number of nitrogens with one attached hydrogen (secondary N) is 1. The third kappa shape index (κ3) is 6.04. The Labute approximate surface area is 202 Å². The van der Waals surface area contributed by atoms with Crippen molar-refractivity contribution in [1.82, 2.24) is 4.98 Å². The number of para-hydroxylation sites is 1. The Morgan fingerprint density at radius 2 is 1.97 bits per heavy atom. The minimum atomic E-state index is -4.74. The number of aromatic nitrogens is 1. The third-order valence-electron chi connectivity index (χ3n) is 4.34. The summed E-state index contributed by atoms with van der Waals surface area (Å²) in [7, 11) is -4.74. The second kappa shape index (κ2) is 10.1. The van der Waals surface area contributed by atoms with Gasteiger partial charge in [-0.3, -0.25) is 9.35 Å². The Morgan fingerprint density at radius 1 is 1.29 bits per heavy atom. The number of ether oxygens (including phenoxy) is 1. The maximum Gasteiger partial charge on any atom is 1.00 e. The number of hydrogen-bond acceptors (Lipinski definition) is 7. The number of imide groups is 1. The molecule has 0 radical (unpaired) electrons. The molecule has 2 heterocycles. The van der Waals surface area contributed by atoms with Crippen LogP contribution in [0.15, 0.2) is 30.3 Å². The fourth-order valence-corrected chi connectivity index (χ4v) is 3.38. The zero-order valence-corrected chi connectivity index (χ0v) is 20.0. The summed E-state index contributed by atoms with van der Waals surface area (Å²) in [6, 6.07) is 8.61. The Morgan fingerprint density at radius 3 is 2.58 bits per heavy atom. The molecule has 0 saturated heterocycles. The molecule has 0 fully saturated rings. The van der Waals surface area contributed by atoms with Crippen LogP contribution in [0, 0.1) is 13.8 Å². The Hall–Kier alpha value is -1.99. The smallest absolute Gasteiger partial charge is 1.00 e. The van der Waals surface area contributed by atoms with Gasteiger partial charge in [0.1, 0.15) is 12.7 Å². The summed E-state index contributed by atoms with van der Waals surface area (Å²) in [6.07, 6.45) is -0.907. The number of amides is 2. The number of carbonyl (C=O) groups is 2. The van der Waals surface area contributed by atoms with Gasteiger partial charge in [0.15, 0.2) is 0 Å². The van der Waals surface area contributed by atoms with Gasteiger partial charge in [0.2, 0.25) is 0 Å². The van der Waals surface area contributed by atoms with Crippen molar-refractivity contribution in [3.05, 3.63) is 52.8 Å². The van der Waals surface area contributed by atoms with Crippen molar-refractivity contribution in [3.63, 3.8) is 0 Å². The van der Waals surface area contributed by atoms with Gasteiger partial charge in [-0.05, 0) is 37.6 Å². The van der Waals surface area contributed by atoms with Crippen molar-refractivity contribution in [2.45, 2.75) is 20.0 Å². The molecule has 0 aliphatic carbocycles. The van der Waals surface area contributed by atoms with Gasteiger partial charge in [0, 0.05) is 17.0 Å². The molecule has 1 aromatic heterocycles. The molecule has 2 aromatic rings. The number of H-pyrrole nitrogens is 1. The zero-order valence-electron chi connectivity index (χ0n) is 18.2. The van der Waals surface area contributed by atoms with Crippen LogP contribution < -0.4 is 34.5 Å². The molecule has 0 saturated carbocycles. The van der Waals surface area contributed by atoms with E-state index in [0.717, 1.165) is 21.9 Å². The van der Waals surface area contributed by atoms with Crippen molar-refractivity contribution in [1.29, 1.82) is 0 Å². The van der Waals surface area contributed by atoms with Gasteiger partial charge >= 0.3 is 46.0 Å². The molecule has 1 aliphatic heterocycles. The van der Waals surface area contributed by atoms with Crippen LogP contribution in [0.25, 0.3) is 11.6 Å². The minimum Gasteiger partial charge on any atom is -1.00 e. The predicted octanol–water partition coefficient (Wildman–Crippen LogP) is -1.05. The molecule has 1 unspecified atom stereocenters. The van der Waals surface area contributed by atoms with E-state index in [1.165, 1.54) is 0 Å². The number of rotatable bonds is 6. The number of anilines is 1. The minimum absolute atomic E-state index is 0. The van der Waals surface area contributed by atoms with Gasteiger partial charge in [-0.25, -0.2) is 13.9 Å². The summed E-state index contributed by atoms with van der Waals surface area (Å²) in [5.74, 6) is -0.600. The van der Waals surface area contributed by atoms with Crippen molar-refractivity contribution in [2.75, 3.05) is 18.1 Å². The Balaban J connectivity index is 0.00000256. The molecular formula is C19H21N2NaO8S. The van der Waals surface area contributed by atoms with Crippen molar-refractivity contribution in [3.8, 4) is 0 Å². The molecule has 2 amide bonds. The standard InChI is InChI=1S/C19H20N2O8S.Na.H/c1-11-7-12(2)20-16(11)8-15-14-5-3-4-6-17(14)21(18(15)23)19(24)28-9-13(22)10-29-30(25,26)27;;/h3-8,13,20,22H,9-10H2,1-2H3,(H,25,26,27);;/q;+1;-1/b15-8-;;. The van der Waals surface area contributed by atoms with Crippen LogP contribution in [0.5, 0.6) is 0 Å². The SMILES string of the molecule is Cc1cc(C)c(/C=C2\C(=O)N(C(=O)OCC(O)COS(=O)(=O)O)c3ccccc32)[nH]1.[H-].[Na+]. The molecule has 162 valence electrons. The molecule has 10 nitrogen and oxygen atoms in total. The number of aliphatic hydroxyl groups is 1. The van der Waals surface area contributed by atoms with Crippen LogP contribution in [0.2, 0.25) is 0 Å². The molecule has 1 aliphatic rings. The van der Waals surface area contributed by atoms with Crippen LogP contribution in [0.1, 0.15) is 23.9 Å². The zero-order chi connectivity index (χ0) is 22.1. The van der Waals surface area contributed by atoms with E-state index in [9.17, 15) is 23.1 Å². The van der Waals surface area contributed by atoms with E-state index in [4.69, 9.17) is 9.29 Å². The first-order valence-electron chi connectivity index (χ1n) is 8.85. The molecular weight excluding hydrogens is 439 g/mol. The first-order chi connectivity index (χ1) is 14.1. The van der Waals surface area contributed by atoms with E-state index in [2.05, 4.69) is 9.17 Å². The molecule has 3 N–H and O–H groups in total. The molecule has 1 aromatic carbocycles. The summed E-state index contributed by atoms with van der Waals surface area (Å²) < 4.78 is 38.5. The maximum absolute atomic E-state index is 13.0. The number of hydrogen-bond donors (Lipinski definition) is 3. The fourth-order valence-electron chi connectivity index (χ4n) is 3.05. The molecule has 1 atom stereocenters. The molecule has 0 spiro atoms. The van der Waals surface area contributed by atoms with Crippen LogP contribution in [0.3, 0.4) is 0 Å². The van der Waals surface area contributed by atoms with Crippen LogP contribution in [0.4, 0.5) is 10.5 Å². The number of carbonyl (C=O) groups excluding carboxylic acids is 2. The Bertz CT molecular complexity index is 1130. The molecule has 31 heavy (non-hydrogen) atoms. The van der Waals surface area contributed by atoms with Gasteiger partial charge in [0.25, 0.3) is 5.91 Å². The van der Waals surface area contributed by atoms with Crippen molar-refractivity contribution in [2.24, 2.45) is 0 Å². The topological polar surface area (TPSA) is 146 Å². The summed E-state index contributed by atoms with van der Waals surface area (Å²) in [5.41, 5.74) is 3.76. The summed E-state index contributed by atoms with van der Waals surface area (Å²) >= 11 is 0. The number of nitrogens with zero attached hydrogens (tertiary/aromatic N) is 1. The van der Waals surface area contributed by atoms with E-state index >= 15 is 0 Å². The van der Waals surface area contributed by atoms with Gasteiger partial charge in [-0.15, -0.1) is 0 Å². The van der Waals surface area contributed by atoms with Crippen LogP contribution in [-0.4, -0.2) is 54.4 Å². The van der Waals surface area contributed by atoms with Crippen molar-refractivity contribution < 1.29 is 67.6 Å². The molecule has 0 bridgehead atoms. The number of aliphatic hydroxyl groups excluding tert-OH is 1. The van der Waals surface area contributed by atoms with E-state index in [0.29, 0.717) is 16.8 Å². The van der Waals surface area contributed by atoms with E-state index in [-0.39, 0.29) is 31.0 Å². The summed E-state index contributed by atoms with van der Waals surface area (Å²) in [5, 5.41) is 9.65. The third-order valence-corrected chi connectivity index (χ3v) is 4.77. The monoisotopic (exact) mass is 460 g/mol.